The van der Waals surface area contributed by atoms with Gasteiger partial charge in [0, 0.05) is 12.3 Å². The summed E-state index contributed by atoms with van der Waals surface area (Å²) in [6.07, 6.45) is 3.17. The normalized spacial score (nSPS) is 10.6. The second-order valence-corrected chi connectivity index (χ2v) is 3.02. The monoisotopic (exact) mass is 261 g/mol. The first-order chi connectivity index (χ1) is 5.29. The van der Waals surface area contributed by atoms with E-state index < -0.39 is 0 Å². The largest absolute Gasteiger partial charge is 0.345 e. The Balaban J connectivity index is 3.06. The van der Waals surface area contributed by atoms with Crippen molar-refractivity contribution < 1.29 is 0 Å². The predicted molar refractivity (Wildman–Crippen MR) is 49.8 cm³/mol. The average molecular weight is 261 g/mol. The lowest BCUT2D eigenvalue weighted by Crippen LogP contribution is -1.98. The summed E-state index contributed by atoms with van der Waals surface area (Å²) >= 11 is 2.01. The molecule has 0 saturated heterocycles. The number of fused-ring (bicyclic) bond motifs is 1. The van der Waals surface area contributed by atoms with E-state index in [2.05, 4.69) is 10.1 Å². The number of aromatic nitrogens is 3. The van der Waals surface area contributed by atoms with Crippen molar-refractivity contribution in [3.8, 4) is 0 Å². The molecule has 0 aliphatic rings. The third kappa shape index (κ3) is 0.953. The van der Waals surface area contributed by atoms with Crippen LogP contribution in [0.2, 0.25) is 0 Å². The van der Waals surface area contributed by atoms with E-state index in [9.17, 15) is 4.79 Å². The van der Waals surface area contributed by atoms with E-state index in [1.165, 1.54) is 6.07 Å². The van der Waals surface area contributed by atoms with Gasteiger partial charge in [-0.2, -0.15) is 7.99 Å². The molecular formula is C6H4IN3O. The first kappa shape index (κ1) is 6.84. The van der Waals surface area contributed by atoms with Crippen LogP contribution in [0.15, 0.2) is 23.3 Å². The Morgan fingerprint density at radius 1 is 1.64 bits per heavy atom. The molecule has 0 aromatic carbocycles. The van der Waals surface area contributed by atoms with Crippen LogP contribution in [0, 0.1) is 0 Å². The van der Waals surface area contributed by atoms with Crippen molar-refractivity contribution in [1.29, 1.82) is 0 Å². The lowest BCUT2D eigenvalue weighted by molar-refractivity contribution is 1.06. The summed E-state index contributed by atoms with van der Waals surface area (Å²) in [7, 11) is 0. The zero-order chi connectivity index (χ0) is 7.84. The number of halogens is 1. The van der Waals surface area contributed by atoms with Crippen molar-refractivity contribution in [2.45, 2.75) is 0 Å². The SMILES string of the molecule is O=c1cc[nH]c2c1cnn2I. The van der Waals surface area contributed by atoms with Crippen LogP contribution in [0.5, 0.6) is 0 Å². The predicted octanol–water partition coefficient (Wildman–Crippen LogP) is 0.923. The molecule has 0 saturated carbocycles. The first-order valence-corrected chi connectivity index (χ1v) is 3.97. The van der Waals surface area contributed by atoms with Crippen LogP contribution < -0.4 is 5.43 Å². The Morgan fingerprint density at radius 2 is 2.45 bits per heavy atom. The lowest BCUT2D eigenvalue weighted by atomic mass is 10.3. The van der Waals surface area contributed by atoms with Crippen molar-refractivity contribution in [3.63, 3.8) is 0 Å². The van der Waals surface area contributed by atoms with Gasteiger partial charge in [0.15, 0.2) is 5.43 Å². The molecule has 0 radical (unpaired) electrons. The van der Waals surface area contributed by atoms with Gasteiger partial charge in [-0.15, -0.1) is 0 Å². The molecule has 0 bridgehead atoms. The molecular weight excluding hydrogens is 257 g/mol. The van der Waals surface area contributed by atoms with Gasteiger partial charge in [-0.3, -0.25) is 4.79 Å². The van der Waals surface area contributed by atoms with E-state index in [1.807, 2.05) is 22.9 Å². The number of rotatable bonds is 0. The third-order valence-electron chi connectivity index (χ3n) is 1.45. The highest BCUT2D eigenvalue weighted by atomic mass is 127. The van der Waals surface area contributed by atoms with E-state index in [-0.39, 0.29) is 5.43 Å². The fraction of sp³-hybridized carbons (Fsp3) is 0. The zero-order valence-corrected chi connectivity index (χ0v) is 7.57. The highest BCUT2D eigenvalue weighted by Crippen LogP contribution is 2.06. The minimum absolute atomic E-state index is 0.00154. The first-order valence-electron chi connectivity index (χ1n) is 3.00. The number of hydrogen-bond acceptors (Lipinski definition) is 2. The topological polar surface area (TPSA) is 50.7 Å². The molecule has 1 N–H and O–H groups in total. The van der Waals surface area contributed by atoms with Crippen LogP contribution in [0.25, 0.3) is 11.0 Å². The van der Waals surface area contributed by atoms with Crippen molar-refractivity contribution in [2.75, 3.05) is 0 Å². The van der Waals surface area contributed by atoms with Gasteiger partial charge in [0.1, 0.15) is 5.65 Å². The Labute approximate surface area is 75.7 Å². The lowest BCUT2D eigenvalue weighted by Gasteiger charge is -1.88. The van der Waals surface area contributed by atoms with Gasteiger partial charge >= 0.3 is 0 Å². The van der Waals surface area contributed by atoms with Gasteiger partial charge in [-0.25, -0.2) is 0 Å². The standard InChI is InChI=1S/C6H4IN3O/c7-10-6-4(3-9-10)5(11)1-2-8-6/h1-3H,(H,8,11). The van der Waals surface area contributed by atoms with Gasteiger partial charge in [-0.1, -0.05) is 0 Å². The van der Waals surface area contributed by atoms with Crippen molar-refractivity contribution >= 4 is 33.9 Å². The Morgan fingerprint density at radius 3 is 3.18 bits per heavy atom. The number of H-pyrrole nitrogens is 1. The van der Waals surface area contributed by atoms with Crippen LogP contribution in [0.1, 0.15) is 0 Å². The summed E-state index contributed by atoms with van der Waals surface area (Å²) < 4.78 is 1.61. The summed E-state index contributed by atoms with van der Waals surface area (Å²) in [5.74, 6) is 0. The maximum atomic E-state index is 11.1. The smallest absolute Gasteiger partial charge is 0.192 e. The van der Waals surface area contributed by atoms with Crippen LogP contribution in [-0.4, -0.2) is 13.0 Å². The van der Waals surface area contributed by atoms with Gasteiger partial charge in [0.2, 0.25) is 0 Å². The quantitative estimate of drug-likeness (QED) is 0.717. The van der Waals surface area contributed by atoms with Gasteiger partial charge in [0.05, 0.1) is 34.4 Å². The Hall–Kier alpha value is -0.850. The summed E-state index contributed by atoms with van der Waals surface area (Å²) in [6.45, 7) is 0. The van der Waals surface area contributed by atoms with Crippen molar-refractivity contribution in [2.24, 2.45) is 0 Å². The van der Waals surface area contributed by atoms with Crippen LogP contribution >= 0.6 is 22.9 Å². The van der Waals surface area contributed by atoms with E-state index >= 15 is 0 Å². The molecule has 4 nitrogen and oxygen atoms in total. The minimum Gasteiger partial charge on any atom is -0.345 e. The van der Waals surface area contributed by atoms with Gasteiger partial charge in [-0.05, 0) is 0 Å². The Kier molecular flexibility index (Phi) is 1.45. The van der Waals surface area contributed by atoms with Gasteiger partial charge in [0.25, 0.3) is 0 Å². The van der Waals surface area contributed by atoms with E-state index in [1.54, 1.807) is 15.3 Å². The van der Waals surface area contributed by atoms with Crippen LogP contribution in [0.4, 0.5) is 0 Å². The molecule has 11 heavy (non-hydrogen) atoms. The maximum Gasteiger partial charge on any atom is 0.192 e. The van der Waals surface area contributed by atoms with E-state index in [0.717, 1.165) is 5.65 Å². The highest BCUT2D eigenvalue weighted by molar-refractivity contribution is 14.1. The zero-order valence-electron chi connectivity index (χ0n) is 5.41. The van der Waals surface area contributed by atoms with Crippen molar-refractivity contribution in [1.82, 2.24) is 13.0 Å². The summed E-state index contributed by atoms with van der Waals surface area (Å²) in [5.41, 5.74) is 0.750. The van der Waals surface area contributed by atoms with Gasteiger partial charge < -0.3 is 4.98 Å². The second-order valence-electron chi connectivity index (χ2n) is 2.11. The molecule has 56 valence electrons. The number of aromatic amines is 1. The molecule has 0 fully saturated rings. The third-order valence-corrected chi connectivity index (χ3v) is 2.18. The fourth-order valence-corrected chi connectivity index (χ4v) is 1.45. The molecule has 5 heteroatoms. The fourth-order valence-electron chi connectivity index (χ4n) is 0.924. The molecule has 0 aliphatic carbocycles. The molecule has 0 amide bonds. The summed E-state index contributed by atoms with van der Waals surface area (Å²) in [6, 6.07) is 1.49. The Bertz CT molecular complexity index is 444. The molecule has 0 aliphatic heterocycles. The second kappa shape index (κ2) is 2.33. The van der Waals surface area contributed by atoms with Crippen molar-refractivity contribution in [3.05, 3.63) is 28.7 Å². The van der Waals surface area contributed by atoms with E-state index in [0.29, 0.717) is 5.39 Å². The van der Waals surface area contributed by atoms with E-state index in [4.69, 9.17) is 0 Å². The molecule has 2 aromatic rings. The number of nitrogens with one attached hydrogen (secondary N) is 1. The average Bonchev–Trinajstić information content (AvgIpc) is 2.35. The molecule has 0 atom stereocenters. The molecule has 2 heterocycles. The summed E-state index contributed by atoms with van der Waals surface area (Å²) in [4.78, 5) is 14.0. The minimum atomic E-state index is 0.00154. The van der Waals surface area contributed by atoms with Crippen LogP contribution in [0.3, 0.4) is 0 Å². The highest BCUT2D eigenvalue weighted by Gasteiger charge is 2.01. The summed E-state index contributed by atoms with van der Waals surface area (Å²) in [5, 5.41) is 4.56. The molecule has 0 unspecified atom stereocenters. The van der Waals surface area contributed by atoms with Crippen LogP contribution in [-0.2, 0) is 0 Å². The molecule has 2 rings (SSSR count). The molecule has 2 aromatic heterocycles. The maximum absolute atomic E-state index is 11.1. The molecule has 0 spiro atoms. The number of nitrogens with zero attached hydrogens (tertiary/aromatic N) is 2. The number of hydrogen-bond donors (Lipinski definition) is 1. The number of pyridine rings is 1.